The maximum Gasteiger partial charge on any atom is 0.217 e. The first kappa shape index (κ1) is 10.8. The van der Waals surface area contributed by atoms with E-state index in [4.69, 9.17) is 11.6 Å². The minimum Gasteiger partial charge on any atom is -0.353 e. The van der Waals surface area contributed by atoms with Gasteiger partial charge in [-0.2, -0.15) is 0 Å². The normalized spacial score (nSPS) is 10.4. The Morgan fingerprint density at radius 1 is 1.50 bits per heavy atom. The summed E-state index contributed by atoms with van der Waals surface area (Å²) < 4.78 is 0. The van der Waals surface area contributed by atoms with Crippen LogP contribution in [-0.2, 0) is 4.79 Å². The Kier molecular flexibility index (Phi) is 4.20. The second-order valence-corrected chi connectivity index (χ2v) is 3.27. The Bertz CT molecular complexity index is 347. The van der Waals surface area contributed by atoms with Crippen molar-refractivity contribution in [2.24, 2.45) is 0 Å². The van der Waals surface area contributed by atoms with Gasteiger partial charge in [0.2, 0.25) is 5.91 Å². The summed E-state index contributed by atoms with van der Waals surface area (Å²) in [7, 11) is 0. The Balaban J connectivity index is 2.52. The van der Waals surface area contributed by atoms with Gasteiger partial charge in [0, 0.05) is 18.5 Å². The lowest BCUT2D eigenvalue weighted by atomic mass is 10.2. The molecule has 0 spiro atoms. The number of hydrogen-bond donors (Lipinski definition) is 1. The van der Waals surface area contributed by atoms with Crippen molar-refractivity contribution >= 4 is 23.6 Å². The number of rotatable bonds is 3. The Hall–Kier alpha value is -1.28. The molecule has 0 radical (unpaired) electrons. The molecule has 0 heterocycles. The molecule has 0 aliphatic heterocycles. The topological polar surface area (TPSA) is 29.1 Å². The van der Waals surface area contributed by atoms with Gasteiger partial charge in [-0.3, -0.25) is 4.79 Å². The molecule has 1 aromatic rings. The van der Waals surface area contributed by atoms with Crippen LogP contribution in [0.5, 0.6) is 0 Å². The van der Waals surface area contributed by atoms with Crippen LogP contribution in [0.1, 0.15) is 12.5 Å². The van der Waals surface area contributed by atoms with Crippen LogP contribution in [0.2, 0.25) is 5.02 Å². The third kappa shape index (κ3) is 3.62. The molecule has 1 aromatic carbocycles. The molecule has 0 unspecified atom stereocenters. The van der Waals surface area contributed by atoms with E-state index in [1.54, 1.807) is 0 Å². The number of halogens is 1. The first-order valence-electron chi connectivity index (χ1n) is 4.35. The number of amides is 1. The molecule has 0 aliphatic rings. The first-order valence-corrected chi connectivity index (χ1v) is 4.73. The molecular formula is C11H12ClNO. The lowest BCUT2D eigenvalue weighted by molar-refractivity contribution is -0.118. The van der Waals surface area contributed by atoms with Crippen molar-refractivity contribution in [3.63, 3.8) is 0 Å². The summed E-state index contributed by atoms with van der Waals surface area (Å²) in [5.41, 5.74) is 0.958. The molecule has 0 atom stereocenters. The minimum atomic E-state index is -0.0335. The fraction of sp³-hybridized carbons (Fsp3) is 0.182. The maximum atomic E-state index is 10.6. The van der Waals surface area contributed by atoms with Gasteiger partial charge in [0.05, 0.1) is 0 Å². The third-order valence-electron chi connectivity index (χ3n) is 1.67. The molecule has 0 bridgehead atoms. The number of carbonyl (C=O) groups is 1. The summed E-state index contributed by atoms with van der Waals surface area (Å²) in [6.45, 7) is 2.02. The molecule has 0 aromatic heterocycles. The maximum absolute atomic E-state index is 10.6. The fourth-order valence-corrected chi connectivity index (χ4v) is 1.20. The molecule has 0 saturated carbocycles. The van der Waals surface area contributed by atoms with Gasteiger partial charge in [0.25, 0.3) is 0 Å². The zero-order chi connectivity index (χ0) is 10.4. The molecule has 2 nitrogen and oxygen atoms in total. The highest BCUT2D eigenvalue weighted by Crippen LogP contribution is 2.15. The highest BCUT2D eigenvalue weighted by atomic mass is 35.5. The van der Waals surface area contributed by atoms with Crippen LogP contribution in [0, 0.1) is 0 Å². The van der Waals surface area contributed by atoms with E-state index in [0.717, 1.165) is 5.56 Å². The Morgan fingerprint density at radius 3 is 2.86 bits per heavy atom. The average molecular weight is 210 g/mol. The number of carbonyl (C=O) groups excluding carboxylic acids is 1. The summed E-state index contributed by atoms with van der Waals surface area (Å²) in [5.74, 6) is -0.0335. The average Bonchev–Trinajstić information content (AvgIpc) is 2.15. The number of hydrogen-bond acceptors (Lipinski definition) is 1. The van der Waals surface area contributed by atoms with Crippen molar-refractivity contribution in [1.82, 2.24) is 5.32 Å². The molecule has 1 amide bonds. The fourth-order valence-electron chi connectivity index (χ4n) is 0.999. The predicted octanol–water partition coefficient (Wildman–Crippen LogP) is 2.49. The molecule has 1 rings (SSSR count). The van der Waals surface area contributed by atoms with Crippen LogP contribution in [0.3, 0.4) is 0 Å². The molecule has 0 saturated heterocycles. The van der Waals surface area contributed by atoms with Crippen LogP contribution < -0.4 is 5.32 Å². The SMILES string of the molecule is CC(=O)NCC=Cc1ccccc1Cl. The monoisotopic (exact) mass is 209 g/mol. The van der Waals surface area contributed by atoms with Crippen LogP contribution in [0.15, 0.2) is 30.3 Å². The lowest BCUT2D eigenvalue weighted by Gasteiger charge is -1.97. The molecule has 74 valence electrons. The number of benzene rings is 1. The van der Waals surface area contributed by atoms with Gasteiger partial charge in [-0.05, 0) is 11.6 Å². The Labute approximate surface area is 88.6 Å². The summed E-state index contributed by atoms with van der Waals surface area (Å²) in [6, 6.07) is 7.56. The van der Waals surface area contributed by atoms with Gasteiger partial charge in [-0.1, -0.05) is 42.0 Å². The van der Waals surface area contributed by atoms with Crippen molar-refractivity contribution in [3.8, 4) is 0 Å². The zero-order valence-corrected chi connectivity index (χ0v) is 8.71. The van der Waals surface area contributed by atoms with E-state index in [1.165, 1.54) is 6.92 Å². The summed E-state index contributed by atoms with van der Waals surface area (Å²) in [4.78, 5) is 10.6. The largest absolute Gasteiger partial charge is 0.353 e. The van der Waals surface area contributed by atoms with Gasteiger partial charge in [-0.15, -0.1) is 0 Å². The summed E-state index contributed by atoms with van der Waals surface area (Å²) >= 11 is 5.93. The second kappa shape index (κ2) is 5.45. The van der Waals surface area contributed by atoms with Crippen molar-refractivity contribution in [2.75, 3.05) is 6.54 Å². The molecule has 0 fully saturated rings. The second-order valence-electron chi connectivity index (χ2n) is 2.86. The van der Waals surface area contributed by atoms with Crippen LogP contribution in [0.4, 0.5) is 0 Å². The first-order chi connectivity index (χ1) is 6.70. The standard InChI is InChI=1S/C11H12ClNO/c1-9(14)13-8-4-6-10-5-2-3-7-11(10)12/h2-7H,8H2,1H3,(H,13,14). The highest BCUT2D eigenvalue weighted by Gasteiger charge is 1.92. The smallest absolute Gasteiger partial charge is 0.217 e. The van der Waals surface area contributed by atoms with Gasteiger partial charge < -0.3 is 5.32 Å². The van der Waals surface area contributed by atoms with E-state index in [2.05, 4.69) is 5.32 Å². The van der Waals surface area contributed by atoms with Crippen LogP contribution >= 0.6 is 11.6 Å². The number of nitrogens with one attached hydrogen (secondary N) is 1. The van der Waals surface area contributed by atoms with E-state index in [0.29, 0.717) is 11.6 Å². The van der Waals surface area contributed by atoms with E-state index in [-0.39, 0.29) is 5.91 Å². The molecule has 14 heavy (non-hydrogen) atoms. The lowest BCUT2D eigenvalue weighted by Crippen LogP contribution is -2.19. The third-order valence-corrected chi connectivity index (χ3v) is 2.02. The predicted molar refractivity (Wildman–Crippen MR) is 59.2 cm³/mol. The van der Waals surface area contributed by atoms with E-state index in [9.17, 15) is 4.79 Å². The Morgan fingerprint density at radius 2 is 2.21 bits per heavy atom. The van der Waals surface area contributed by atoms with E-state index in [1.807, 2.05) is 36.4 Å². The van der Waals surface area contributed by atoms with E-state index >= 15 is 0 Å². The van der Waals surface area contributed by atoms with Crippen molar-refractivity contribution < 1.29 is 4.79 Å². The van der Waals surface area contributed by atoms with Gasteiger partial charge in [0.15, 0.2) is 0 Å². The molecule has 0 aliphatic carbocycles. The van der Waals surface area contributed by atoms with Gasteiger partial charge >= 0.3 is 0 Å². The summed E-state index contributed by atoms with van der Waals surface area (Å²) in [5, 5.41) is 3.38. The molecule has 3 heteroatoms. The van der Waals surface area contributed by atoms with E-state index < -0.39 is 0 Å². The van der Waals surface area contributed by atoms with Crippen molar-refractivity contribution in [2.45, 2.75) is 6.92 Å². The summed E-state index contributed by atoms with van der Waals surface area (Å²) in [6.07, 6.45) is 3.75. The van der Waals surface area contributed by atoms with Crippen LogP contribution in [0.25, 0.3) is 6.08 Å². The van der Waals surface area contributed by atoms with Crippen molar-refractivity contribution in [1.29, 1.82) is 0 Å². The molecule has 1 N–H and O–H groups in total. The van der Waals surface area contributed by atoms with Crippen molar-refractivity contribution in [3.05, 3.63) is 40.9 Å². The zero-order valence-electron chi connectivity index (χ0n) is 7.96. The van der Waals surface area contributed by atoms with Crippen LogP contribution in [-0.4, -0.2) is 12.5 Å². The molecular weight excluding hydrogens is 198 g/mol. The highest BCUT2D eigenvalue weighted by molar-refractivity contribution is 6.32. The minimum absolute atomic E-state index is 0.0335. The van der Waals surface area contributed by atoms with Gasteiger partial charge in [0.1, 0.15) is 0 Å². The quantitative estimate of drug-likeness (QED) is 0.814. The van der Waals surface area contributed by atoms with Gasteiger partial charge in [-0.25, -0.2) is 0 Å².